The van der Waals surface area contributed by atoms with Gasteiger partial charge in [0, 0.05) is 36.5 Å². The lowest BCUT2D eigenvalue weighted by molar-refractivity contribution is -0.113. The molecule has 3 heterocycles. The lowest BCUT2D eigenvalue weighted by Gasteiger charge is -2.23. The summed E-state index contributed by atoms with van der Waals surface area (Å²) in [4.78, 5) is 20.8. The molecule has 1 aliphatic heterocycles. The molecule has 30 heavy (non-hydrogen) atoms. The molecule has 4 rings (SSSR count). The largest absolute Gasteiger partial charge is 0.302 e. The van der Waals surface area contributed by atoms with Crippen LogP contribution in [0.1, 0.15) is 30.0 Å². The second-order valence-electron chi connectivity index (χ2n) is 7.26. The Bertz CT molecular complexity index is 1040. The van der Waals surface area contributed by atoms with E-state index in [0.717, 1.165) is 54.8 Å². The first-order valence-electron chi connectivity index (χ1n) is 10.2. The summed E-state index contributed by atoms with van der Waals surface area (Å²) in [6.45, 7) is 10.0. The molecule has 0 radical (unpaired) electrons. The Kier molecular flexibility index (Phi) is 6.50. The van der Waals surface area contributed by atoms with Crippen LogP contribution in [0.25, 0.3) is 11.4 Å². The van der Waals surface area contributed by atoms with Crippen molar-refractivity contribution in [2.45, 2.75) is 45.4 Å². The van der Waals surface area contributed by atoms with Gasteiger partial charge < -0.3 is 9.88 Å². The number of anilines is 1. The first kappa shape index (κ1) is 21.0. The molecule has 7 nitrogen and oxygen atoms in total. The lowest BCUT2D eigenvalue weighted by atomic mass is 10.1. The van der Waals surface area contributed by atoms with Crippen LogP contribution in [0, 0.1) is 6.92 Å². The van der Waals surface area contributed by atoms with Crippen molar-refractivity contribution in [1.82, 2.24) is 24.6 Å². The normalized spacial score (nSPS) is 14.0. The molecule has 1 aromatic carbocycles. The smallest absolute Gasteiger partial charge is 0.236 e. The average Bonchev–Trinajstić information content (AvgIpc) is 3.34. The minimum absolute atomic E-state index is 0.0683. The number of hydrogen-bond donors (Lipinski definition) is 1. The Balaban J connectivity index is 1.39. The molecule has 0 saturated heterocycles. The zero-order valence-corrected chi connectivity index (χ0v) is 19.1. The van der Waals surface area contributed by atoms with Gasteiger partial charge in [0.25, 0.3) is 0 Å². The SMILES string of the molecule is CCN1CCc2nc(NC(=O)CSc3nnc(-c4cccc(C)c4)n3CC)sc2C1. The number of thioether (sulfide) groups is 1. The molecule has 1 aliphatic rings. The number of amides is 1. The number of nitrogens with one attached hydrogen (secondary N) is 1. The summed E-state index contributed by atoms with van der Waals surface area (Å²) in [5.41, 5.74) is 3.34. The second-order valence-corrected chi connectivity index (χ2v) is 9.29. The van der Waals surface area contributed by atoms with E-state index in [4.69, 9.17) is 0 Å². The van der Waals surface area contributed by atoms with E-state index in [2.05, 4.69) is 58.3 Å². The van der Waals surface area contributed by atoms with Crippen molar-refractivity contribution in [3.8, 4) is 11.4 Å². The van der Waals surface area contributed by atoms with Gasteiger partial charge in [-0.05, 0) is 26.5 Å². The average molecular weight is 443 g/mol. The van der Waals surface area contributed by atoms with Crippen LogP contribution in [0.15, 0.2) is 29.4 Å². The van der Waals surface area contributed by atoms with Gasteiger partial charge in [0.05, 0.1) is 11.4 Å². The molecular formula is C21H26N6OS2. The molecule has 1 N–H and O–H groups in total. The van der Waals surface area contributed by atoms with Crippen molar-refractivity contribution in [3.05, 3.63) is 40.4 Å². The highest BCUT2D eigenvalue weighted by Crippen LogP contribution is 2.29. The summed E-state index contributed by atoms with van der Waals surface area (Å²) < 4.78 is 2.05. The third kappa shape index (κ3) is 4.58. The Morgan fingerprint density at radius 2 is 2.13 bits per heavy atom. The molecule has 3 aromatic rings. The van der Waals surface area contributed by atoms with Gasteiger partial charge >= 0.3 is 0 Å². The fourth-order valence-electron chi connectivity index (χ4n) is 3.54. The zero-order chi connectivity index (χ0) is 21.1. The number of carbonyl (C=O) groups is 1. The third-order valence-corrected chi connectivity index (χ3v) is 7.11. The van der Waals surface area contributed by atoms with Crippen molar-refractivity contribution >= 4 is 34.1 Å². The maximum atomic E-state index is 12.5. The van der Waals surface area contributed by atoms with E-state index in [1.165, 1.54) is 22.2 Å². The van der Waals surface area contributed by atoms with E-state index in [1.54, 1.807) is 11.3 Å². The first-order chi connectivity index (χ1) is 14.6. The number of fused-ring (bicyclic) bond motifs is 1. The quantitative estimate of drug-likeness (QED) is 0.561. The van der Waals surface area contributed by atoms with Gasteiger partial charge in [0.1, 0.15) is 0 Å². The third-order valence-electron chi connectivity index (χ3n) is 5.15. The van der Waals surface area contributed by atoms with Gasteiger partial charge in [-0.3, -0.25) is 9.69 Å². The highest BCUT2D eigenvalue weighted by molar-refractivity contribution is 7.99. The number of aromatic nitrogens is 4. The molecule has 158 valence electrons. The topological polar surface area (TPSA) is 75.9 Å². The summed E-state index contributed by atoms with van der Waals surface area (Å²) in [6.07, 6.45) is 0.950. The highest BCUT2D eigenvalue weighted by atomic mass is 32.2. The van der Waals surface area contributed by atoms with Gasteiger partial charge in [0.2, 0.25) is 5.91 Å². The molecule has 0 unspecified atom stereocenters. The predicted molar refractivity (Wildman–Crippen MR) is 122 cm³/mol. The number of rotatable bonds is 7. The van der Waals surface area contributed by atoms with Crippen LogP contribution in [0.3, 0.4) is 0 Å². The standard InChI is InChI=1S/C21H26N6OS2/c1-4-26-10-9-16-17(12-26)30-20(22-16)23-18(28)13-29-21-25-24-19(27(21)5-2)15-8-6-7-14(3)11-15/h6-8,11H,4-5,9-10,12-13H2,1-3H3,(H,22,23,28). The Morgan fingerprint density at radius 3 is 2.90 bits per heavy atom. The lowest BCUT2D eigenvalue weighted by Crippen LogP contribution is -2.29. The van der Waals surface area contributed by atoms with E-state index < -0.39 is 0 Å². The first-order valence-corrected chi connectivity index (χ1v) is 12.0. The molecule has 0 fully saturated rings. The van der Waals surface area contributed by atoms with Gasteiger partial charge in [-0.15, -0.1) is 21.5 Å². The molecule has 1 amide bonds. The molecule has 0 saturated carbocycles. The molecule has 0 aliphatic carbocycles. The van der Waals surface area contributed by atoms with E-state index in [1.807, 2.05) is 16.7 Å². The number of thiazole rings is 1. The summed E-state index contributed by atoms with van der Waals surface area (Å²) in [6, 6.07) is 8.22. The number of benzene rings is 1. The van der Waals surface area contributed by atoms with Crippen molar-refractivity contribution < 1.29 is 4.79 Å². The summed E-state index contributed by atoms with van der Waals surface area (Å²) >= 11 is 2.99. The van der Waals surface area contributed by atoms with Crippen LogP contribution in [0.2, 0.25) is 0 Å². The van der Waals surface area contributed by atoms with Gasteiger partial charge in [-0.1, -0.05) is 42.4 Å². The van der Waals surface area contributed by atoms with Crippen LogP contribution in [0.5, 0.6) is 0 Å². The van der Waals surface area contributed by atoms with Crippen LogP contribution in [-0.4, -0.2) is 49.4 Å². The van der Waals surface area contributed by atoms with Crippen LogP contribution >= 0.6 is 23.1 Å². The molecule has 0 spiro atoms. The molecule has 0 atom stereocenters. The van der Waals surface area contributed by atoms with E-state index in [9.17, 15) is 4.79 Å². The fourth-order valence-corrected chi connectivity index (χ4v) is 5.40. The van der Waals surface area contributed by atoms with Crippen LogP contribution in [-0.2, 0) is 24.3 Å². The van der Waals surface area contributed by atoms with Crippen molar-refractivity contribution in [1.29, 1.82) is 0 Å². The summed E-state index contributed by atoms with van der Waals surface area (Å²) in [7, 11) is 0. The van der Waals surface area contributed by atoms with Crippen molar-refractivity contribution in [2.75, 3.05) is 24.2 Å². The summed E-state index contributed by atoms with van der Waals surface area (Å²) in [5, 5.41) is 13.1. The second kappa shape index (κ2) is 9.28. The Morgan fingerprint density at radius 1 is 1.27 bits per heavy atom. The zero-order valence-electron chi connectivity index (χ0n) is 17.5. The number of carbonyl (C=O) groups excluding carboxylic acids is 1. The number of likely N-dealkylation sites (N-methyl/N-ethyl adjacent to an activating group) is 1. The Labute approximate surface area is 184 Å². The van der Waals surface area contributed by atoms with Gasteiger partial charge in [0.15, 0.2) is 16.1 Å². The molecule has 9 heteroatoms. The minimum atomic E-state index is -0.0683. The molecule has 2 aromatic heterocycles. The fraction of sp³-hybridized carbons (Fsp3) is 0.429. The maximum Gasteiger partial charge on any atom is 0.236 e. The van der Waals surface area contributed by atoms with E-state index in [-0.39, 0.29) is 11.7 Å². The predicted octanol–water partition coefficient (Wildman–Crippen LogP) is 3.84. The van der Waals surface area contributed by atoms with Crippen LogP contribution in [0.4, 0.5) is 5.13 Å². The van der Waals surface area contributed by atoms with Gasteiger partial charge in [-0.25, -0.2) is 4.98 Å². The van der Waals surface area contributed by atoms with E-state index >= 15 is 0 Å². The monoisotopic (exact) mass is 442 g/mol. The van der Waals surface area contributed by atoms with E-state index in [0.29, 0.717) is 5.13 Å². The number of aryl methyl sites for hydroxylation is 1. The van der Waals surface area contributed by atoms with Crippen LogP contribution < -0.4 is 5.32 Å². The van der Waals surface area contributed by atoms with Crippen molar-refractivity contribution in [2.24, 2.45) is 0 Å². The van der Waals surface area contributed by atoms with Crippen molar-refractivity contribution in [3.63, 3.8) is 0 Å². The Hall–Kier alpha value is -2.23. The maximum absolute atomic E-state index is 12.5. The molecular weight excluding hydrogens is 416 g/mol. The number of nitrogens with zero attached hydrogens (tertiary/aromatic N) is 5. The summed E-state index contributed by atoms with van der Waals surface area (Å²) in [5.74, 6) is 1.04. The number of hydrogen-bond acceptors (Lipinski definition) is 7. The van der Waals surface area contributed by atoms with Gasteiger partial charge in [-0.2, -0.15) is 0 Å². The molecule has 0 bridgehead atoms. The minimum Gasteiger partial charge on any atom is -0.302 e. The highest BCUT2D eigenvalue weighted by Gasteiger charge is 2.21.